The Morgan fingerprint density at radius 1 is 1.33 bits per heavy atom. The molecule has 1 aliphatic rings. The fourth-order valence-corrected chi connectivity index (χ4v) is 3.10. The Hall–Kier alpha value is -0.710. The SMILES string of the molecule is CCSCC(C)NC(=O)C1CCCCC1C(=O)O. The van der Waals surface area contributed by atoms with E-state index in [9.17, 15) is 9.59 Å². The first-order valence-corrected chi connectivity index (χ1v) is 7.82. The summed E-state index contributed by atoms with van der Waals surface area (Å²) in [7, 11) is 0. The fraction of sp³-hybridized carbons (Fsp3) is 0.846. The minimum Gasteiger partial charge on any atom is -0.481 e. The second-order valence-corrected chi connectivity index (χ2v) is 6.22. The van der Waals surface area contributed by atoms with Gasteiger partial charge in [0, 0.05) is 11.8 Å². The van der Waals surface area contributed by atoms with E-state index in [0.717, 1.165) is 24.3 Å². The van der Waals surface area contributed by atoms with E-state index in [1.165, 1.54) is 0 Å². The van der Waals surface area contributed by atoms with Gasteiger partial charge in [-0.15, -0.1) is 0 Å². The molecule has 0 aromatic carbocycles. The standard InChI is InChI=1S/C13H23NO3S/c1-3-18-8-9(2)14-12(15)10-6-4-5-7-11(10)13(16)17/h9-11H,3-8H2,1-2H3,(H,14,15)(H,16,17). The zero-order chi connectivity index (χ0) is 13.5. The molecule has 2 N–H and O–H groups in total. The van der Waals surface area contributed by atoms with Crippen molar-refractivity contribution >= 4 is 23.6 Å². The number of rotatable bonds is 6. The summed E-state index contributed by atoms with van der Waals surface area (Å²) < 4.78 is 0. The van der Waals surface area contributed by atoms with Gasteiger partial charge >= 0.3 is 5.97 Å². The molecule has 0 aliphatic heterocycles. The summed E-state index contributed by atoms with van der Waals surface area (Å²) in [5, 5.41) is 12.1. The normalized spacial score (nSPS) is 25.4. The number of carbonyl (C=O) groups is 2. The molecule has 1 amide bonds. The molecule has 0 radical (unpaired) electrons. The summed E-state index contributed by atoms with van der Waals surface area (Å²) in [4.78, 5) is 23.2. The van der Waals surface area contributed by atoms with Crippen molar-refractivity contribution in [3.8, 4) is 0 Å². The summed E-state index contributed by atoms with van der Waals surface area (Å²) >= 11 is 1.78. The van der Waals surface area contributed by atoms with Crippen LogP contribution in [0.4, 0.5) is 0 Å². The fourth-order valence-electron chi connectivity index (χ4n) is 2.43. The predicted molar refractivity (Wildman–Crippen MR) is 73.7 cm³/mol. The number of hydrogen-bond donors (Lipinski definition) is 2. The van der Waals surface area contributed by atoms with E-state index >= 15 is 0 Å². The maximum Gasteiger partial charge on any atom is 0.307 e. The predicted octanol–water partition coefficient (Wildman–Crippen LogP) is 2.14. The van der Waals surface area contributed by atoms with Gasteiger partial charge < -0.3 is 10.4 Å². The average Bonchev–Trinajstić information content (AvgIpc) is 2.36. The van der Waals surface area contributed by atoms with Gasteiger partial charge in [0.1, 0.15) is 0 Å². The maximum absolute atomic E-state index is 12.1. The van der Waals surface area contributed by atoms with Crippen LogP contribution in [0, 0.1) is 11.8 Å². The molecular formula is C13H23NO3S. The summed E-state index contributed by atoms with van der Waals surface area (Å²) in [5.41, 5.74) is 0. The molecule has 1 fully saturated rings. The van der Waals surface area contributed by atoms with Crippen LogP contribution in [-0.4, -0.2) is 34.5 Å². The molecule has 0 aromatic heterocycles. The number of thioether (sulfide) groups is 1. The van der Waals surface area contributed by atoms with E-state index in [1.54, 1.807) is 11.8 Å². The highest BCUT2D eigenvalue weighted by Crippen LogP contribution is 2.30. The molecule has 0 bridgehead atoms. The van der Waals surface area contributed by atoms with Crippen LogP contribution in [0.1, 0.15) is 39.5 Å². The summed E-state index contributed by atoms with van der Waals surface area (Å²) in [6.45, 7) is 4.06. The van der Waals surface area contributed by atoms with Crippen LogP contribution in [0.15, 0.2) is 0 Å². The third kappa shape index (κ3) is 4.52. The lowest BCUT2D eigenvalue weighted by Gasteiger charge is -2.28. The zero-order valence-corrected chi connectivity index (χ0v) is 12.0. The van der Waals surface area contributed by atoms with E-state index in [2.05, 4.69) is 12.2 Å². The Bertz CT molecular complexity index is 296. The largest absolute Gasteiger partial charge is 0.481 e. The van der Waals surface area contributed by atoms with Gasteiger partial charge in [-0.1, -0.05) is 19.8 Å². The highest BCUT2D eigenvalue weighted by Gasteiger charge is 2.35. The Morgan fingerprint density at radius 3 is 2.50 bits per heavy atom. The van der Waals surface area contributed by atoms with Crippen LogP contribution < -0.4 is 5.32 Å². The number of aliphatic carboxylic acids is 1. The molecule has 104 valence electrons. The van der Waals surface area contributed by atoms with Crippen LogP contribution in [0.5, 0.6) is 0 Å². The lowest BCUT2D eigenvalue weighted by atomic mass is 9.78. The van der Waals surface area contributed by atoms with Crippen LogP contribution in [0.25, 0.3) is 0 Å². The van der Waals surface area contributed by atoms with Crippen molar-refractivity contribution < 1.29 is 14.7 Å². The van der Waals surface area contributed by atoms with Crippen molar-refractivity contribution in [3.05, 3.63) is 0 Å². The minimum atomic E-state index is -0.828. The van der Waals surface area contributed by atoms with Crippen molar-refractivity contribution in [2.24, 2.45) is 11.8 Å². The molecular weight excluding hydrogens is 250 g/mol. The van der Waals surface area contributed by atoms with Gasteiger partial charge in [-0.25, -0.2) is 0 Å². The van der Waals surface area contributed by atoms with Gasteiger partial charge in [-0.2, -0.15) is 11.8 Å². The van der Waals surface area contributed by atoms with Gasteiger partial charge in [0.25, 0.3) is 0 Å². The average molecular weight is 273 g/mol. The molecule has 0 spiro atoms. The van der Waals surface area contributed by atoms with Crippen molar-refractivity contribution in [2.45, 2.75) is 45.6 Å². The molecule has 1 rings (SSSR count). The second-order valence-electron chi connectivity index (χ2n) is 4.90. The van der Waals surface area contributed by atoms with E-state index in [4.69, 9.17) is 5.11 Å². The first-order chi connectivity index (χ1) is 8.56. The minimum absolute atomic E-state index is 0.0775. The number of nitrogens with one attached hydrogen (secondary N) is 1. The highest BCUT2D eigenvalue weighted by atomic mass is 32.2. The first-order valence-electron chi connectivity index (χ1n) is 6.67. The number of hydrogen-bond acceptors (Lipinski definition) is 3. The van der Waals surface area contributed by atoms with Gasteiger partial charge in [0.05, 0.1) is 11.8 Å². The van der Waals surface area contributed by atoms with Crippen molar-refractivity contribution in [1.82, 2.24) is 5.32 Å². The van der Waals surface area contributed by atoms with Gasteiger partial charge in [-0.05, 0) is 25.5 Å². The van der Waals surface area contributed by atoms with E-state index in [1.807, 2.05) is 6.92 Å². The van der Waals surface area contributed by atoms with Crippen LogP contribution >= 0.6 is 11.8 Å². The maximum atomic E-state index is 12.1. The van der Waals surface area contributed by atoms with Gasteiger partial charge in [0.2, 0.25) is 5.91 Å². The molecule has 3 atom stereocenters. The summed E-state index contributed by atoms with van der Waals surface area (Å²) in [6.07, 6.45) is 3.21. The van der Waals surface area contributed by atoms with Gasteiger partial charge in [-0.3, -0.25) is 9.59 Å². The van der Waals surface area contributed by atoms with E-state index in [0.29, 0.717) is 12.8 Å². The Balaban J connectivity index is 2.50. The Labute approximate surface area is 113 Å². The molecule has 5 heteroatoms. The summed E-state index contributed by atoms with van der Waals surface area (Å²) in [6, 6.07) is 0.110. The quantitative estimate of drug-likeness (QED) is 0.778. The third-order valence-corrected chi connectivity index (χ3v) is 4.52. The van der Waals surface area contributed by atoms with E-state index in [-0.39, 0.29) is 17.9 Å². The van der Waals surface area contributed by atoms with Crippen molar-refractivity contribution in [3.63, 3.8) is 0 Å². The highest BCUT2D eigenvalue weighted by molar-refractivity contribution is 7.99. The monoisotopic (exact) mass is 273 g/mol. The number of carboxylic acid groups (broad SMARTS) is 1. The molecule has 0 heterocycles. The first kappa shape index (κ1) is 15.3. The molecule has 0 aromatic rings. The lowest BCUT2D eigenvalue weighted by molar-refractivity contribution is -0.149. The zero-order valence-electron chi connectivity index (χ0n) is 11.1. The number of carbonyl (C=O) groups excluding carboxylic acids is 1. The van der Waals surface area contributed by atoms with Gasteiger partial charge in [0.15, 0.2) is 0 Å². The van der Waals surface area contributed by atoms with Crippen molar-refractivity contribution in [1.29, 1.82) is 0 Å². The smallest absolute Gasteiger partial charge is 0.307 e. The Kier molecular flexibility index (Phi) is 6.54. The molecule has 3 unspecified atom stereocenters. The third-order valence-electron chi connectivity index (χ3n) is 3.38. The van der Waals surface area contributed by atoms with Crippen LogP contribution in [-0.2, 0) is 9.59 Å². The molecule has 0 saturated heterocycles. The second kappa shape index (κ2) is 7.67. The Morgan fingerprint density at radius 2 is 1.94 bits per heavy atom. The molecule has 1 aliphatic carbocycles. The lowest BCUT2D eigenvalue weighted by Crippen LogP contribution is -2.43. The van der Waals surface area contributed by atoms with Crippen LogP contribution in [0.2, 0.25) is 0 Å². The summed E-state index contributed by atoms with van der Waals surface area (Å²) in [5.74, 6) is 0.167. The number of carboxylic acids is 1. The molecule has 4 nitrogen and oxygen atoms in total. The number of amides is 1. The molecule has 18 heavy (non-hydrogen) atoms. The van der Waals surface area contributed by atoms with E-state index < -0.39 is 11.9 Å². The van der Waals surface area contributed by atoms with Crippen molar-refractivity contribution in [2.75, 3.05) is 11.5 Å². The van der Waals surface area contributed by atoms with Crippen LogP contribution in [0.3, 0.4) is 0 Å². The molecule has 1 saturated carbocycles. The topological polar surface area (TPSA) is 66.4 Å².